The summed E-state index contributed by atoms with van der Waals surface area (Å²) in [6, 6.07) is 7.76. The third-order valence-electron chi connectivity index (χ3n) is 2.30. The lowest BCUT2D eigenvalue weighted by Gasteiger charge is -2.13. The summed E-state index contributed by atoms with van der Waals surface area (Å²) in [5, 5.41) is 3.09. The van der Waals surface area contributed by atoms with Crippen molar-refractivity contribution in [2.75, 3.05) is 27.7 Å². The Morgan fingerprint density at radius 1 is 1.33 bits per heavy atom. The highest BCUT2D eigenvalue weighted by molar-refractivity contribution is 5.95. The van der Waals surface area contributed by atoms with E-state index in [1.54, 1.807) is 19.0 Å². The molecule has 1 N–H and O–H groups in total. The van der Waals surface area contributed by atoms with Gasteiger partial charge in [-0.3, -0.25) is 4.79 Å². The Kier molecular flexibility index (Phi) is 4.31. The van der Waals surface area contributed by atoms with Gasteiger partial charge in [-0.1, -0.05) is 18.2 Å². The van der Waals surface area contributed by atoms with Gasteiger partial charge in [0, 0.05) is 19.7 Å². The smallest absolute Gasteiger partial charge is 0.253 e. The van der Waals surface area contributed by atoms with Gasteiger partial charge in [0.2, 0.25) is 0 Å². The van der Waals surface area contributed by atoms with Crippen LogP contribution in [0.4, 0.5) is 0 Å². The molecule has 0 spiro atoms. The number of nitrogens with zero attached hydrogens (tertiary/aromatic N) is 1. The fourth-order valence-electron chi connectivity index (χ4n) is 1.45. The molecule has 0 aliphatic rings. The van der Waals surface area contributed by atoms with Gasteiger partial charge in [-0.2, -0.15) is 0 Å². The zero-order valence-corrected chi connectivity index (χ0v) is 9.58. The van der Waals surface area contributed by atoms with Gasteiger partial charge in [-0.05, 0) is 31.6 Å². The maximum absolute atomic E-state index is 11.8. The molecule has 1 rings (SSSR count). The molecule has 3 heteroatoms. The van der Waals surface area contributed by atoms with Crippen molar-refractivity contribution >= 4 is 5.91 Å². The van der Waals surface area contributed by atoms with Crippen molar-refractivity contribution in [2.24, 2.45) is 0 Å². The average molecular weight is 206 g/mol. The van der Waals surface area contributed by atoms with E-state index in [0.717, 1.165) is 24.1 Å². The van der Waals surface area contributed by atoms with Crippen LogP contribution in [0, 0.1) is 0 Å². The number of likely N-dealkylation sites (N-methyl/N-ethyl adjacent to an activating group) is 1. The molecule has 3 nitrogen and oxygen atoms in total. The molecule has 0 aromatic heterocycles. The van der Waals surface area contributed by atoms with Crippen LogP contribution in [0.3, 0.4) is 0 Å². The van der Waals surface area contributed by atoms with Crippen molar-refractivity contribution in [1.29, 1.82) is 0 Å². The van der Waals surface area contributed by atoms with Crippen LogP contribution in [-0.4, -0.2) is 38.5 Å². The van der Waals surface area contributed by atoms with Crippen LogP contribution in [0.2, 0.25) is 0 Å². The van der Waals surface area contributed by atoms with Crippen molar-refractivity contribution in [3.8, 4) is 0 Å². The zero-order valence-electron chi connectivity index (χ0n) is 9.58. The first-order valence-electron chi connectivity index (χ1n) is 5.11. The van der Waals surface area contributed by atoms with Crippen molar-refractivity contribution in [2.45, 2.75) is 6.42 Å². The molecule has 0 heterocycles. The molecule has 0 aliphatic carbocycles. The average Bonchev–Trinajstić information content (AvgIpc) is 2.25. The first-order chi connectivity index (χ1) is 7.16. The van der Waals surface area contributed by atoms with Crippen LogP contribution in [0.5, 0.6) is 0 Å². The van der Waals surface area contributed by atoms with Crippen LogP contribution in [0.1, 0.15) is 15.9 Å². The van der Waals surface area contributed by atoms with E-state index in [9.17, 15) is 4.79 Å². The van der Waals surface area contributed by atoms with Crippen LogP contribution in [0.15, 0.2) is 24.3 Å². The lowest BCUT2D eigenvalue weighted by Crippen LogP contribution is -2.23. The largest absolute Gasteiger partial charge is 0.345 e. The molecule has 82 valence electrons. The normalized spacial score (nSPS) is 10.1. The molecular weight excluding hydrogens is 188 g/mol. The third-order valence-corrected chi connectivity index (χ3v) is 2.30. The van der Waals surface area contributed by atoms with Gasteiger partial charge in [0.05, 0.1) is 0 Å². The van der Waals surface area contributed by atoms with Gasteiger partial charge in [0.25, 0.3) is 5.91 Å². The summed E-state index contributed by atoms with van der Waals surface area (Å²) >= 11 is 0. The fraction of sp³-hybridized carbons (Fsp3) is 0.417. The number of hydrogen-bond donors (Lipinski definition) is 1. The highest BCUT2D eigenvalue weighted by atomic mass is 16.2. The van der Waals surface area contributed by atoms with Gasteiger partial charge in [0.1, 0.15) is 0 Å². The Balaban J connectivity index is 2.90. The molecule has 1 amide bonds. The van der Waals surface area contributed by atoms with Crippen molar-refractivity contribution in [3.63, 3.8) is 0 Å². The van der Waals surface area contributed by atoms with Gasteiger partial charge in [-0.15, -0.1) is 0 Å². The third kappa shape index (κ3) is 3.06. The molecule has 1 aromatic carbocycles. The summed E-state index contributed by atoms with van der Waals surface area (Å²) in [4.78, 5) is 13.4. The Morgan fingerprint density at radius 2 is 2.00 bits per heavy atom. The SMILES string of the molecule is CNCCc1ccccc1C(=O)N(C)C. The van der Waals surface area contributed by atoms with E-state index in [1.807, 2.05) is 31.3 Å². The minimum Gasteiger partial charge on any atom is -0.345 e. The second-order valence-electron chi connectivity index (χ2n) is 3.71. The number of benzene rings is 1. The van der Waals surface area contributed by atoms with Gasteiger partial charge in [-0.25, -0.2) is 0 Å². The van der Waals surface area contributed by atoms with Gasteiger partial charge in [0.15, 0.2) is 0 Å². The highest BCUT2D eigenvalue weighted by Gasteiger charge is 2.11. The van der Waals surface area contributed by atoms with Crippen LogP contribution in [-0.2, 0) is 6.42 Å². The molecule has 0 saturated heterocycles. The molecule has 0 atom stereocenters. The number of carbonyl (C=O) groups is 1. The molecular formula is C12H18N2O. The fourth-order valence-corrected chi connectivity index (χ4v) is 1.45. The van der Waals surface area contributed by atoms with Crippen molar-refractivity contribution in [3.05, 3.63) is 35.4 Å². The maximum Gasteiger partial charge on any atom is 0.253 e. The number of carbonyl (C=O) groups excluding carboxylic acids is 1. The Labute approximate surface area is 91.1 Å². The van der Waals surface area contributed by atoms with E-state index in [2.05, 4.69) is 5.32 Å². The number of hydrogen-bond acceptors (Lipinski definition) is 2. The topological polar surface area (TPSA) is 32.3 Å². The lowest BCUT2D eigenvalue weighted by molar-refractivity contribution is 0.0826. The Bertz CT molecular complexity index is 334. The van der Waals surface area contributed by atoms with E-state index in [4.69, 9.17) is 0 Å². The summed E-state index contributed by atoms with van der Waals surface area (Å²) in [5.74, 6) is 0.0710. The quantitative estimate of drug-likeness (QED) is 0.801. The van der Waals surface area contributed by atoms with Crippen LogP contribution >= 0.6 is 0 Å². The summed E-state index contributed by atoms with van der Waals surface area (Å²) in [6.07, 6.45) is 0.881. The first-order valence-corrected chi connectivity index (χ1v) is 5.11. The Hall–Kier alpha value is -1.35. The van der Waals surface area contributed by atoms with Gasteiger partial charge >= 0.3 is 0 Å². The number of amides is 1. The Morgan fingerprint density at radius 3 is 2.60 bits per heavy atom. The van der Waals surface area contributed by atoms with Crippen LogP contribution in [0.25, 0.3) is 0 Å². The second kappa shape index (κ2) is 5.51. The molecule has 0 radical (unpaired) electrons. The maximum atomic E-state index is 11.8. The van der Waals surface area contributed by atoms with E-state index in [-0.39, 0.29) is 5.91 Å². The second-order valence-corrected chi connectivity index (χ2v) is 3.71. The molecule has 0 bridgehead atoms. The highest BCUT2D eigenvalue weighted by Crippen LogP contribution is 2.10. The molecule has 0 unspecified atom stereocenters. The first kappa shape index (κ1) is 11.7. The molecule has 0 aliphatic heterocycles. The monoisotopic (exact) mass is 206 g/mol. The van der Waals surface area contributed by atoms with E-state index in [1.165, 1.54) is 0 Å². The summed E-state index contributed by atoms with van der Waals surface area (Å²) in [6.45, 7) is 0.887. The minimum atomic E-state index is 0.0710. The van der Waals surface area contributed by atoms with E-state index < -0.39 is 0 Å². The number of nitrogens with one attached hydrogen (secondary N) is 1. The van der Waals surface area contributed by atoms with Crippen molar-refractivity contribution < 1.29 is 4.79 Å². The molecule has 0 fully saturated rings. The summed E-state index contributed by atoms with van der Waals surface area (Å²) in [7, 11) is 5.46. The summed E-state index contributed by atoms with van der Waals surface area (Å²) in [5.41, 5.74) is 1.91. The lowest BCUT2D eigenvalue weighted by atomic mass is 10.0. The van der Waals surface area contributed by atoms with E-state index >= 15 is 0 Å². The standard InChI is InChI=1S/C12H18N2O/c1-13-9-8-10-6-4-5-7-11(10)12(15)14(2)3/h4-7,13H,8-9H2,1-3H3. The minimum absolute atomic E-state index is 0.0710. The molecule has 0 saturated carbocycles. The predicted octanol–water partition coefficient (Wildman–Crippen LogP) is 1.15. The van der Waals surface area contributed by atoms with Gasteiger partial charge < -0.3 is 10.2 Å². The number of rotatable bonds is 4. The molecule has 1 aromatic rings. The predicted molar refractivity (Wildman–Crippen MR) is 62.1 cm³/mol. The van der Waals surface area contributed by atoms with Crippen molar-refractivity contribution in [1.82, 2.24) is 10.2 Å². The van der Waals surface area contributed by atoms with Crippen LogP contribution < -0.4 is 5.32 Å². The van der Waals surface area contributed by atoms with E-state index in [0.29, 0.717) is 0 Å². The molecule has 15 heavy (non-hydrogen) atoms. The summed E-state index contributed by atoms with van der Waals surface area (Å²) < 4.78 is 0. The zero-order chi connectivity index (χ0) is 11.3.